The largest absolute Gasteiger partial charge is 0.481 e. The van der Waals surface area contributed by atoms with Crippen molar-refractivity contribution in [2.24, 2.45) is 0 Å². The Labute approximate surface area is 199 Å². The molecular formula is C18H27O16P. The minimum atomic E-state index is -4.87. The van der Waals surface area contributed by atoms with Crippen molar-refractivity contribution in [2.75, 3.05) is 26.4 Å². The third kappa shape index (κ3) is 19.0. The van der Waals surface area contributed by atoms with Gasteiger partial charge < -0.3 is 34.1 Å². The van der Waals surface area contributed by atoms with Gasteiger partial charge in [-0.1, -0.05) is 0 Å². The quantitative estimate of drug-likeness (QED) is 0.118. The molecule has 200 valence electrons. The lowest BCUT2D eigenvalue weighted by molar-refractivity contribution is -0.162. The Morgan fingerprint density at radius 3 is 1.57 bits per heavy atom. The van der Waals surface area contributed by atoms with Gasteiger partial charge in [0.15, 0.2) is 12.2 Å². The number of hydrogen-bond donors (Lipinski definition) is 3. The summed E-state index contributed by atoms with van der Waals surface area (Å²) < 4.78 is 40.6. The highest BCUT2D eigenvalue weighted by molar-refractivity contribution is 7.47. The van der Waals surface area contributed by atoms with E-state index in [2.05, 4.69) is 9.26 Å². The number of carboxylic acids is 2. The highest BCUT2D eigenvalue weighted by Crippen LogP contribution is 2.43. The molecule has 2 unspecified atom stereocenters. The molecule has 0 saturated carbocycles. The van der Waals surface area contributed by atoms with Gasteiger partial charge in [-0.2, -0.15) is 0 Å². The first kappa shape index (κ1) is 31.9. The lowest BCUT2D eigenvalue weighted by Crippen LogP contribution is -2.30. The van der Waals surface area contributed by atoms with Crippen molar-refractivity contribution in [1.29, 1.82) is 0 Å². The molecule has 0 heterocycles. The second-order valence-electron chi connectivity index (χ2n) is 6.68. The minimum Gasteiger partial charge on any atom is -0.481 e. The summed E-state index contributed by atoms with van der Waals surface area (Å²) in [5.74, 6) is -6.08. The summed E-state index contributed by atoms with van der Waals surface area (Å²) in [5, 5.41) is 17.2. The summed E-state index contributed by atoms with van der Waals surface area (Å²) in [6.07, 6.45) is -4.91. The molecule has 3 N–H and O–H groups in total. The summed E-state index contributed by atoms with van der Waals surface area (Å²) in [7, 11) is -4.87. The number of rotatable bonds is 18. The van der Waals surface area contributed by atoms with Gasteiger partial charge in [0, 0.05) is 13.8 Å². The zero-order chi connectivity index (χ0) is 27.0. The molecule has 0 saturated heterocycles. The fraction of sp³-hybridized carbons (Fsp3) is 0.667. The van der Waals surface area contributed by atoms with Gasteiger partial charge in [0.05, 0.1) is 38.9 Å². The summed E-state index contributed by atoms with van der Waals surface area (Å²) in [6, 6.07) is 0. The topological polar surface area (TPSA) is 236 Å². The van der Waals surface area contributed by atoms with Gasteiger partial charge in [-0.25, -0.2) is 4.57 Å². The van der Waals surface area contributed by atoms with Gasteiger partial charge in [0.25, 0.3) is 0 Å². The highest BCUT2D eigenvalue weighted by Gasteiger charge is 2.28. The van der Waals surface area contributed by atoms with E-state index in [1.54, 1.807) is 0 Å². The average Bonchev–Trinajstić information content (AvgIpc) is 2.74. The molecule has 16 nitrogen and oxygen atoms in total. The van der Waals surface area contributed by atoms with Crippen LogP contribution in [-0.2, 0) is 61.3 Å². The van der Waals surface area contributed by atoms with Crippen molar-refractivity contribution in [3.05, 3.63) is 0 Å². The van der Waals surface area contributed by atoms with Crippen LogP contribution in [0.15, 0.2) is 0 Å². The third-order valence-electron chi connectivity index (χ3n) is 3.47. The summed E-state index contributed by atoms with van der Waals surface area (Å²) in [4.78, 5) is 76.3. The molecule has 35 heavy (non-hydrogen) atoms. The van der Waals surface area contributed by atoms with Crippen LogP contribution in [-0.4, -0.2) is 89.6 Å². The molecule has 0 radical (unpaired) electrons. The average molecular weight is 530 g/mol. The monoisotopic (exact) mass is 530 g/mol. The van der Waals surface area contributed by atoms with E-state index in [4.69, 9.17) is 28.9 Å². The Balaban J connectivity index is 4.98. The minimum absolute atomic E-state index is 0.481. The lowest BCUT2D eigenvalue weighted by atomic mass is 10.3. The number of ether oxygens (including phenoxy) is 4. The molecule has 3 atom stereocenters. The number of phosphoric acid groups is 1. The SMILES string of the molecule is CC(=O)OC[C@H](COP(=O)(O)OCC(COC(=O)CCC(=O)O)OC(=O)CCC(=O)O)OC(C)=O. The van der Waals surface area contributed by atoms with Gasteiger partial charge in [0.2, 0.25) is 0 Å². The number of carboxylic acid groups (broad SMARTS) is 2. The van der Waals surface area contributed by atoms with Gasteiger partial charge in [-0.3, -0.25) is 37.8 Å². The maximum Gasteiger partial charge on any atom is 0.472 e. The van der Waals surface area contributed by atoms with Crippen LogP contribution < -0.4 is 0 Å². The van der Waals surface area contributed by atoms with Crippen LogP contribution in [0.4, 0.5) is 0 Å². The third-order valence-corrected chi connectivity index (χ3v) is 4.42. The number of hydrogen-bond acceptors (Lipinski definition) is 13. The van der Waals surface area contributed by atoms with Crippen LogP contribution in [0.25, 0.3) is 0 Å². The van der Waals surface area contributed by atoms with E-state index in [0.717, 1.165) is 13.8 Å². The number of carbonyl (C=O) groups excluding carboxylic acids is 4. The first-order valence-electron chi connectivity index (χ1n) is 9.91. The molecule has 0 rings (SSSR count). The molecule has 17 heteroatoms. The predicted octanol–water partition coefficient (Wildman–Crippen LogP) is -0.201. The Kier molecular flexibility index (Phi) is 15.1. The van der Waals surface area contributed by atoms with Crippen LogP contribution in [0.5, 0.6) is 0 Å². The first-order chi connectivity index (χ1) is 16.2. The Hall–Kier alpha value is -3.07. The Morgan fingerprint density at radius 1 is 0.657 bits per heavy atom. The second kappa shape index (κ2) is 16.5. The molecule has 0 spiro atoms. The van der Waals surface area contributed by atoms with Gasteiger partial charge in [-0.15, -0.1) is 0 Å². The Morgan fingerprint density at radius 2 is 1.11 bits per heavy atom. The predicted molar refractivity (Wildman–Crippen MR) is 108 cm³/mol. The van der Waals surface area contributed by atoms with Gasteiger partial charge >= 0.3 is 43.6 Å². The summed E-state index contributed by atoms with van der Waals surface area (Å²) >= 11 is 0. The molecule has 0 amide bonds. The van der Waals surface area contributed by atoms with Gasteiger partial charge in [-0.05, 0) is 0 Å². The standard InChI is InChI=1S/C18H27O16P/c1-11(19)29-7-13(33-12(2)20)9-31-35(27,28)32-10-14(34-18(26)6-4-16(23)24)8-30-17(25)5-3-15(21)22/h13-14H,3-10H2,1-2H3,(H,21,22)(H,23,24)(H,27,28)/t13-,14?/m1/s1. The van der Waals surface area contributed by atoms with Crippen LogP contribution in [0.3, 0.4) is 0 Å². The molecule has 0 aromatic rings. The number of esters is 4. The zero-order valence-electron chi connectivity index (χ0n) is 18.9. The van der Waals surface area contributed by atoms with Crippen molar-refractivity contribution < 1.29 is 76.4 Å². The van der Waals surface area contributed by atoms with Crippen molar-refractivity contribution in [3.8, 4) is 0 Å². The van der Waals surface area contributed by atoms with E-state index >= 15 is 0 Å². The van der Waals surface area contributed by atoms with Crippen molar-refractivity contribution in [3.63, 3.8) is 0 Å². The summed E-state index contributed by atoms with van der Waals surface area (Å²) in [6.45, 7) is -0.658. The number of phosphoric ester groups is 1. The number of aliphatic carboxylic acids is 2. The highest BCUT2D eigenvalue weighted by atomic mass is 31.2. The fourth-order valence-electron chi connectivity index (χ4n) is 1.99. The maximum absolute atomic E-state index is 12.1. The normalized spacial score (nSPS) is 14.0. The molecule has 0 aliphatic rings. The fourth-order valence-corrected chi connectivity index (χ4v) is 2.77. The van der Waals surface area contributed by atoms with E-state index in [1.807, 2.05) is 0 Å². The van der Waals surface area contributed by atoms with Gasteiger partial charge in [0.1, 0.15) is 13.2 Å². The van der Waals surface area contributed by atoms with E-state index in [1.165, 1.54) is 0 Å². The van der Waals surface area contributed by atoms with E-state index in [9.17, 15) is 38.2 Å². The van der Waals surface area contributed by atoms with Crippen molar-refractivity contribution in [2.45, 2.75) is 51.7 Å². The second-order valence-corrected chi connectivity index (χ2v) is 8.13. The smallest absolute Gasteiger partial charge is 0.472 e. The Bertz CT molecular complexity index is 808. The molecule has 0 aromatic heterocycles. The van der Waals surface area contributed by atoms with E-state index in [0.29, 0.717) is 0 Å². The number of carbonyl (C=O) groups is 6. The molecule has 0 aliphatic heterocycles. The van der Waals surface area contributed by atoms with Crippen molar-refractivity contribution >= 4 is 43.6 Å². The summed E-state index contributed by atoms with van der Waals surface area (Å²) in [5.41, 5.74) is 0. The van der Waals surface area contributed by atoms with E-state index < -0.39 is 108 Å². The van der Waals surface area contributed by atoms with Crippen LogP contribution >= 0.6 is 7.82 Å². The molecule has 0 fully saturated rings. The molecule has 0 aromatic carbocycles. The molecular weight excluding hydrogens is 503 g/mol. The molecule has 0 bridgehead atoms. The van der Waals surface area contributed by atoms with Crippen molar-refractivity contribution in [1.82, 2.24) is 0 Å². The zero-order valence-corrected chi connectivity index (χ0v) is 19.8. The van der Waals surface area contributed by atoms with E-state index in [-0.39, 0.29) is 0 Å². The van der Waals surface area contributed by atoms with Crippen LogP contribution in [0, 0.1) is 0 Å². The first-order valence-corrected chi connectivity index (χ1v) is 11.4. The van der Waals surface area contributed by atoms with Crippen LogP contribution in [0.1, 0.15) is 39.5 Å². The lowest BCUT2D eigenvalue weighted by Gasteiger charge is -2.21. The molecule has 0 aliphatic carbocycles. The van der Waals surface area contributed by atoms with Crippen LogP contribution in [0.2, 0.25) is 0 Å². The maximum atomic E-state index is 12.1.